The van der Waals surface area contributed by atoms with E-state index in [9.17, 15) is 8.42 Å². The number of hydrogen-bond donors (Lipinski definition) is 1. The smallest absolute Gasteiger partial charge is 0.241 e. The molecule has 0 saturated heterocycles. The Bertz CT molecular complexity index is 949. The molecular formula is C18H18N2O2S2. The van der Waals surface area contributed by atoms with Crippen LogP contribution in [0.1, 0.15) is 16.7 Å². The Morgan fingerprint density at radius 3 is 2.67 bits per heavy atom. The van der Waals surface area contributed by atoms with Crippen LogP contribution >= 0.6 is 11.3 Å². The van der Waals surface area contributed by atoms with Gasteiger partial charge in [-0.2, -0.15) is 11.3 Å². The minimum Gasteiger partial charge on any atom is -0.264 e. The normalized spacial score (nSPS) is 11.6. The molecule has 1 aromatic carbocycles. The first-order chi connectivity index (χ1) is 11.5. The zero-order valence-electron chi connectivity index (χ0n) is 13.5. The van der Waals surface area contributed by atoms with Crippen LogP contribution in [0.25, 0.3) is 11.1 Å². The van der Waals surface area contributed by atoms with Gasteiger partial charge in [0.15, 0.2) is 0 Å². The average Bonchev–Trinajstić information content (AvgIpc) is 3.10. The van der Waals surface area contributed by atoms with E-state index >= 15 is 0 Å². The van der Waals surface area contributed by atoms with E-state index in [1.165, 1.54) is 0 Å². The molecule has 0 spiro atoms. The fourth-order valence-electron chi connectivity index (χ4n) is 2.42. The van der Waals surface area contributed by atoms with Crippen LogP contribution in [0.2, 0.25) is 0 Å². The number of thiophene rings is 1. The zero-order chi connectivity index (χ0) is 17.2. The number of aromatic nitrogens is 1. The van der Waals surface area contributed by atoms with E-state index < -0.39 is 10.0 Å². The number of pyridine rings is 1. The van der Waals surface area contributed by atoms with E-state index in [2.05, 4.69) is 9.71 Å². The first kappa shape index (κ1) is 16.8. The van der Waals surface area contributed by atoms with Gasteiger partial charge in [0.25, 0.3) is 0 Å². The molecule has 124 valence electrons. The molecule has 0 fully saturated rings. The summed E-state index contributed by atoms with van der Waals surface area (Å²) in [5.74, 6) is 0. The highest BCUT2D eigenvalue weighted by Crippen LogP contribution is 2.22. The summed E-state index contributed by atoms with van der Waals surface area (Å²) >= 11 is 1.62. The number of nitrogens with one attached hydrogen (secondary N) is 1. The van der Waals surface area contributed by atoms with Gasteiger partial charge in [0.2, 0.25) is 10.0 Å². The first-order valence-electron chi connectivity index (χ1n) is 7.49. The van der Waals surface area contributed by atoms with Crippen molar-refractivity contribution in [3.05, 3.63) is 70.2 Å². The number of aryl methyl sites for hydroxylation is 2. The van der Waals surface area contributed by atoms with Crippen LogP contribution in [-0.4, -0.2) is 13.4 Å². The van der Waals surface area contributed by atoms with E-state index in [4.69, 9.17) is 0 Å². The van der Waals surface area contributed by atoms with Crippen molar-refractivity contribution in [1.29, 1.82) is 0 Å². The molecule has 0 aliphatic rings. The summed E-state index contributed by atoms with van der Waals surface area (Å²) in [6, 6.07) is 9.40. The van der Waals surface area contributed by atoms with Gasteiger partial charge in [-0.3, -0.25) is 4.98 Å². The quantitative estimate of drug-likeness (QED) is 0.752. The summed E-state index contributed by atoms with van der Waals surface area (Å²) in [6.07, 6.45) is 3.46. The molecule has 3 aromatic rings. The van der Waals surface area contributed by atoms with Gasteiger partial charge in [0.05, 0.1) is 4.90 Å². The number of nitrogens with zero attached hydrogens (tertiary/aromatic N) is 1. The van der Waals surface area contributed by atoms with Gasteiger partial charge < -0.3 is 0 Å². The fraction of sp³-hybridized carbons (Fsp3) is 0.167. The van der Waals surface area contributed by atoms with Crippen molar-refractivity contribution < 1.29 is 8.42 Å². The molecular weight excluding hydrogens is 340 g/mol. The van der Waals surface area contributed by atoms with E-state index in [0.29, 0.717) is 4.90 Å². The average molecular weight is 358 g/mol. The highest BCUT2D eigenvalue weighted by atomic mass is 32.2. The summed E-state index contributed by atoms with van der Waals surface area (Å²) < 4.78 is 27.8. The number of benzene rings is 1. The van der Waals surface area contributed by atoms with Gasteiger partial charge >= 0.3 is 0 Å². The Morgan fingerprint density at radius 2 is 1.92 bits per heavy atom. The summed E-state index contributed by atoms with van der Waals surface area (Å²) in [4.78, 5) is 4.54. The molecule has 0 aliphatic carbocycles. The highest BCUT2D eigenvalue weighted by molar-refractivity contribution is 7.89. The predicted molar refractivity (Wildman–Crippen MR) is 97.5 cm³/mol. The SMILES string of the molecule is Cc1ccc(C)c(S(=O)(=O)NCc2cncc(-c3ccsc3)c2)c1. The van der Waals surface area contributed by atoms with E-state index in [-0.39, 0.29) is 6.54 Å². The summed E-state index contributed by atoms with van der Waals surface area (Å²) in [5, 5.41) is 4.05. The molecule has 3 rings (SSSR count). The minimum absolute atomic E-state index is 0.209. The van der Waals surface area contributed by atoms with Crippen molar-refractivity contribution in [1.82, 2.24) is 9.71 Å². The maximum atomic E-state index is 12.6. The minimum atomic E-state index is -3.55. The van der Waals surface area contributed by atoms with Crippen molar-refractivity contribution in [3.63, 3.8) is 0 Å². The van der Waals surface area contributed by atoms with Crippen LogP contribution in [0.5, 0.6) is 0 Å². The maximum absolute atomic E-state index is 12.6. The van der Waals surface area contributed by atoms with Crippen LogP contribution in [0, 0.1) is 13.8 Å². The summed E-state index contributed by atoms with van der Waals surface area (Å²) in [6.45, 7) is 3.89. The highest BCUT2D eigenvalue weighted by Gasteiger charge is 2.16. The molecule has 0 atom stereocenters. The van der Waals surface area contributed by atoms with Crippen LogP contribution in [-0.2, 0) is 16.6 Å². The first-order valence-corrected chi connectivity index (χ1v) is 9.92. The second-order valence-electron chi connectivity index (χ2n) is 5.69. The van der Waals surface area contributed by atoms with Gasteiger partial charge in [-0.05, 0) is 65.1 Å². The van der Waals surface area contributed by atoms with Crippen molar-refractivity contribution >= 4 is 21.4 Å². The molecule has 0 saturated carbocycles. The van der Waals surface area contributed by atoms with Crippen LogP contribution in [0.3, 0.4) is 0 Å². The van der Waals surface area contributed by atoms with Crippen molar-refractivity contribution in [3.8, 4) is 11.1 Å². The van der Waals surface area contributed by atoms with Crippen LogP contribution in [0.4, 0.5) is 0 Å². The standard InChI is InChI=1S/C18H18N2O2S2/c1-13-3-4-14(2)18(7-13)24(21,22)20-10-15-8-17(11-19-9-15)16-5-6-23-12-16/h3-9,11-12,20H,10H2,1-2H3. The van der Waals surface area contributed by atoms with Crippen LogP contribution < -0.4 is 4.72 Å². The van der Waals surface area contributed by atoms with Gasteiger partial charge in [-0.15, -0.1) is 0 Å². The molecule has 0 bridgehead atoms. The fourth-order valence-corrected chi connectivity index (χ4v) is 4.43. The van der Waals surface area contributed by atoms with Crippen LogP contribution in [0.15, 0.2) is 58.4 Å². The number of rotatable bonds is 5. The maximum Gasteiger partial charge on any atom is 0.241 e. The molecule has 0 amide bonds. The number of sulfonamides is 1. The second-order valence-corrected chi connectivity index (χ2v) is 8.20. The lowest BCUT2D eigenvalue weighted by atomic mass is 10.1. The van der Waals surface area contributed by atoms with E-state index in [1.54, 1.807) is 36.7 Å². The van der Waals surface area contributed by atoms with Crippen molar-refractivity contribution in [2.45, 2.75) is 25.3 Å². The lowest BCUT2D eigenvalue weighted by Gasteiger charge is -2.10. The molecule has 1 N–H and O–H groups in total. The largest absolute Gasteiger partial charge is 0.264 e. The molecule has 6 heteroatoms. The topological polar surface area (TPSA) is 59.1 Å². The van der Waals surface area contributed by atoms with E-state index in [1.807, 2.05) is 41.9 Å². The van der Waals surface area contributed by atoms with Gasteiger partial charge in [0, 0.05) is 24.5 Å². The molecule has 0 unspecified atom stereocenters. The third kappa shape index (κ3) is 3.72. The van der Waals surface area contributed by atoms with Gasteiger partial charge in [0.1, 0.15) is 0 Å². The Morgan fingerprint density at radius 1 is 1.08 bits per heavy atom. The number of hydrogen-bond acceptors (Lipinski definition) is 4. The zero-order valence-corrected chi connectivity index (χ0v) is 15.1. The van der Waals surface area contributed by atoms with Crippen molar-refractivity contribution in [2.24, 2.45) is 0 Å². The Labute approximate surface area is 146 Å². The molecule has 0 radical (unpaired) electrons. The lowest BCUT2D eigenvalue weighted by Crippen LogP contribution is -2.24. The third-order valence-corrected chi connectivity index (χ3v) is 5.98. The molecule has 2 heterocycles. The third-order valence-electron chi connectivity index (χ3n) is 3.75. The van der Waals surface area contributed by atoms with Gasteiger partial charge in [-0.1, -0.05) is 12.1 Å². The Balaban J connectivity index is 1.80. The Kier molecular flexibility index (Phi) is 4.80. The lowest BCUT2D eigenvalue weighted by molar-refractivity contribution is 0.580. The summed E-state index contributed by atoms with van der Waals surface area (Å²) in [7, 11) is -3.55. The van der Waals surface area contributed by atoms with Gasteiger partial charge in [-0.25, -0.2) is 13.1 Å². The predicted octanol–water partition coefficient (Wildman–Crippen LogP) is 3.91. The second kappa shape index (κ2) is 6.84. The van der Waals surface area contributed by atoms with E-state index in [0.717, 1.165) is 27.8 Å². The molecule has 4 nitrogen and oxygen atoms in total. The molecule has 24 heavy (non-hydrogen) atoms. The summed E-state index contributed by atoms with van der Waals surface area (Å²) in [5.41, 5.74) is 4.55. The Hall–Kier alpha value is -2.02. The molecule has 2 aromatic heterocycles. The molecule has 0 aliphatic heterocycles. The van der Waals surface area contributed by atoms with Crippen molar-refractivity contribution in [2.75, 3.05) is 0 Å². The monoisotopic (exact) mass is 358 g/mol.